The molecule has 0 N–H and O–H groups in total. The van der Waals surface area contributed by atoms with E-state index in [9.17, 15) is 9.18 Å². The van der Waals surface area contributed by atoms with Gasteiger partial charge in [-0.25, -0.2) is 4.39 Å². The number of halogens is 2. The molecule has 1 aliphatic rings. The van der Waals surface area contributed by atoms with E-state index in [4.69, 9.17) is 4.74 Å². The Morgan fingerprint density at radius 3 is 2.88 bits per heavy atom. The van der Waals surface area contributed by atoms with Gasteiger partial charge in [0.25, 0.3) is 0 Å². The van der Waals surface area contributed by atoms with Crippen LogP contribution in [-0.4, -0.2) is 18.1 Å². The summed E-state index contributed by atoms with van der Waals surface area (Å²) in [6, 6.07) is 1.32. The van der Waals surface area contributed by atoms with E-state index in [1.165, 1.54) is 19.4 Å². The molecule has 1 unspecified atom stereocenters. The number of carbonyl (C=O) groups is 1. The molecule has 1 atom stereocenters. The van der Waals surface area contributed by atoms with Gasteiger partial charge in [-0.1, -0.05) is 0 Å². The molecule has 0 saturated heterocycles. The van der Waals surface area contributed by atoms with Gasteiger partial charge in [0.15, 0.2) is 0 Å². The van der Waals surface area contributed by atoms with Crippen LogP contribution in [0.4, 0.5) is 4.39 Å². The Morgan fingerprint density at radius 2 is 2.38 bits per heavy atom. The van der Waals surface area contributed by atoms with Crippen LogP contribution in [0.1, 0.15) is 24.5 Å². The zero-order valence-corrected chi connectivity index (χ0v) is 10.3. The Labute approximate surface area is 101 Å². The summed E-state index contributed by atoms with van der Waals surface area (Å²) in [7, 11) is 1.31. The third kappa shape index (κ3) is 2.24. The van der Waals surface area contributed by atoms with Gasteiger partial charge >= 0.3 is 5.97 Å². The van der Waals surface area contributed by atoms with Crippen molar-refractivity contribution in [3.8, 4) is 0 Å². The maximum absolute atomic E-state index is 13.7. The van der Waals surface area contributed by atoms with Crippen molar-refractivity contribution < 1.29 is 13.9 Å². The highest BCUT2D eigenvalue weighted by atomic mass is 79.9. The van der Waals surface area contributed by atoms with Crippen LogP contribution in [0.25, 0.3) is 0 Å². The van der Waals surface area contributed by atoms with Crippen LogP contribution in [0.2, 0.25) is 0 Å². The monoisotopic (exact) mass is 287 g/mol. The van der Waals surface area contributed by atoms with Gasteiger partial charge in [-0.05, 0) is 40.8 Å². The van der Waals surface area contributed by atoms with E-state index >= 15 is 0 Å². The second kappa shape index (κ2) is 4.49. The molecular weight excluding hydrogens is 277 g/mol. The maximum atomic E-state index is 13.7. The summed E-state index contributed by atoms with van der Waals surface area (Å²) in [4.78, 5) is 15.6. The number of carbonyl (C=O) groups excluding carboxylic acids is 1. The van der Waals surface area contributed by atoms with Gasteiger partial charge < -0.3 is 4.74 Å². The van der Waals surface area contributed by atoms with E-state index in [2.05, 4.69) is 20.9 Å². The molecule has 0 aliphatic heterocycles. The quantitative estimate of drug-likeness (QED) is 0.803. The number of rotatable bonds is 3. The molecule has 86 valence electrons. The lowest BCUT2D eigenvalue weighted by Crippen LogP contribution is -2.19. The third-order valence-corrected chi connectivity index (χ3v) is 3.11. The number of hydrogen-bond donors (Lipinski definition) is 0. The van der Waals surface area contributed by atoms with Crippen molar-refractivity contribution in [3.05, 3.63) is 28.2 Å². The molecule has 1 heterocycles. The second-order valence-corrected chi connectivity index (χ2v) is 4.77. The number of aromatic nitrogens is 1. The summed E-state index contributed by atoms with van der Waals surface area (Å²) in [5, 5.41) is 0. The molecule has 0 radical (unpaired) electrons. The standard InChI is InChI=1S/C11H11BrFNO2/c1-16-11(15)9(6-2-3-6)10-8(13)4-7(12)5-14-10/h4-6,9H,2-3H2,1H3. The number of nitrogens with zero attached hydrogens (tertiary/aromatic N) is 1. The molecule has 0 amide bonds. The molecule has 16 heavy (non-hydrogen) atoms. The number of esters is 1. The second-order valence-electron chi connectivity index (χ2n) is 3.86. The summed E-state index contributed by atoms with van der Waals surface area (Å²) in [6.07, 6.45) is 3.35. The van der Waals surface area contributed by atoms with Gasteiger partial charge in [0.2, 0.25) is 0 Å². The predicted octanol–water partition coefficient (Wildman–Crippen LogP) is 2.65. The molecule has 1 aromatic rings. The molecule has 0 bridgehead atoms. The molecule has 0 aromatic carbocycles. The Balaban J connectivity index is 2.34. The normalized spacial score (nSPS) is 16.9. The zero-order valence-electron chi connectivity index (χ0n) is 8.74. The molecule has 5 heteroatoms. The van der Waals surface area contributed by atoms with E-state index in [1.807, 2.05) is 0 Å². The number of methoxy groups -OCH3 is 1. The lowest BCUT2D eigenvalue weighted by molar-refractivity contribution is -0.143. The van der Waals surface area contributed by atoms with Crippen molar-refractivity contribution in [3.63, 3.8) is 0 Å². The van der Waals surface area contributed by atoms with Crippen molar-refractivity contribution in [1.82, 2.24) is 4.98 Å². The summed E-state index contributed by atoms with van der Waals surface area (Å²) in [5.74, 6) is -1.25. The fraction of sp³-hybridized carbons (Fsp3) is 0.455. The first kappa shape index (κ1) is 11.5. The van der Waals surface area contributed by atoms with Crippen molar-refractivity contribution in [1.29, 1.82) is 0 Å². The van der Waals surface area contributed by atoms with Crippen LogP contribution in [0.15, 0.2) is 16.7 Å². The van der Waals surface area contributed by atoms with Crippen LogP contribution in [0.3, 0.4) is 0 Å². The lowest BCUT2D eigenvalue weighted by Gasteiger charge is -2.13. The highest BCUT2D eigenvalue weighted by molar-refractivity contribution is 9.10. The molecule has 1 saturated carbocycles. The summed E-state index contributed by atoms with van der Waals surface area (Å²) < 4.78 is 18.9. The number of pyridine rings is 1. The van der Waals surface area contributed by atoms with Crippen molar-refractivity contribution in [2.45, 2.75) is 18.8 Å². The smallest absolute Gasteiger partial charge is 0.315 e. The largest absolute Gasteiger partial charge is 0.468 e. The lowest BCUT2D eigenvalue weighted by atomic mass is 9.99. The van der Waals surface area contributed by atoms with Crippen molar-refractivity contribution in [2.75, 3.05) is 7.11 Å². The van der Waals surface area contributed by atoms with Crippen LogP contribution < -0.4 is 0 Å². The predicted molar refractivity (Wildman–Crippen MR) is 59.4 cm³/mol. The Kier molecular flexibility index (Phi) is 3.23. The van der Waals surface area contributed by atoms with Gasteiger partial charge in [-0.15, -0.1) is 0 Å². The first-order valence-electron chi connectivity index (χ1n) is 5.02. The minimum atomic E-state index is -0.557. The van der Waals surface area contributed by atoms with E-state index in [1.54, 1.807) is 0 Å². The van der Waals surface area contributed by atoms with Crippen LogP contribution >= 0.6 is 15.9 Å². The zero-order chi connectivity index (χ0) is 11.7. The molecule has 0 spiro atoms. The van der Waals surface area contributed by atoms with Gasteiger partial charge in [0.1, 0.15) is 11.7 Å². The molecule has 1 fully saturated rings. The van der Waals surface area contributed by atoms with Gasteiger partial charge in [0, 0.05) is 10.7 Å². The molecular formula is C11H11BrFNO2. The highest BCUT2D eigenvalue weighted by Crippen LogP contribution is 2.43. The minimum Gasteiger partial charge on any atom is -0.468 e. The average Bonchev–Trinajstić information content (AvgIpc) is 3.05. The van der Waals surface area contributed by atoms with Crippen LogP contribution in [0, 0.1) is 11.7 Å². The molecule has 1 aliphatic carbocycles. The van der Waals surface area contributed by atoms with Crippen LogP contribution in [-0.2, 0) is 9.53 Å². The Hall–Kier alpha value is -0.970. The van der Waals surface area contributed by atoms with Crippen molar-refractivity contribution in [2.24, 2.45) is 5.92 Å². The first-order valence-corrected chi connectivity index (χ1v) is 5.81. The average molecular weight is 288 g/mol. The fourth-order valence-electron chi connectivity index (χ4n) is 1.74. The van der Waals surface area contributed by atoms with Gasteiger partial charge in [-0.2, -0.15) is 0 Å². The minimum absolute atomic E-state index is 0.177. The van der Waals surface area contributed by atoms with Crippen molar-refractivity contribution >= 4 is 21.9 Å². The fourth-order valence-corrected chi connectivity index (χ4v) is 2.04. The Bertz CT molecular complexity index is 420. The van der Waals surface area contributed by atoms with E-state index < -0.39 is 17.7 Å². The molecule has 2 rings (SSSR count). The van der Waals surface area contributed by atoms with E-state index in [0.29, 0.717) is 4.47 Å². The summed E-state index contributed by atoms with van der Waals surface area (Å²) in [5.41, 5.74) is 0.192. The molecule has 3 nitrogen and oxygen atoms in total. The third-order valence-electron chi connectivity index (χ3n) is 2.68. The number of ether oxygens (including phenoxy) is 1. The van der Waals surface area contributed by atoms with Gasteiger partial charge in [0.05, 0.1) is 12.8 Å². The first-order chi connectivity index (χ1) is 7.63. The highest BCUT2D eigenvalue weighted by Gasteiger charge is 2.40. The van der Waals surface area contributed by atoms with Crippen LogP contribution in [0.5, 0.6) is 0 Å². The van der Waals surface area contributed by atoms with Gasteiger partial charge in [-0.3, -0.25) is 9.78 Å². The van der Waals surface area contributed by atoms with E-state index in [-0.39, 0.29) is 11.6 Å². The summed E-state index contributed by atoms with van der Waals surface area (Å²) in [6.45, 7) is 0. The van der Waals surface area contributed by atoms with E-state index in [0.717, 1.165) is 12.8 Å². The maximum Gasteiger partial charge on any atom is 0.315 e. The number of hydrogen-bond acceptors (Lipinski definition) is 3. The topological polar surface area (TPSA) is 39.2 Å². The SMILES string of the molecule is COC(=O)C(c1ncc(Br)cc1F)C1CC1. The Morgan fingerprint density at radius 1 is 1.69 bits per heavy atom. The molecule has 1 aromatic heterocycles. The summed E-state index contributed by atoms with van der Waals surface area (Å²) >= 11 is 3.13.